The summed E-state index contributed by atoms with van der Waals surface area (Å²) >= 11 is 0. The van der Waals surface area contributed by atoms with Gasteiger partial charge in [-0.1, -0.05) is 95.1 Å². The van der Waals surface area contributed by atoms with E-state index >= 15 is 0 Å². The normalized spacial score (nSPS) is 11.7. The number of hydrogen-bond donors (Lipinski definition) is 0. The molecule has 0 aromatic heterocycles. The maximum absolute atomic E-state index is 4.48. The number of rotatable bonds is 17. The van der Waals surface area contributed by atoms with Crippen LogP contribution in [0.5, 0.6) is 0 Å². The number of unbranched alkanes of at least 4 members (excludes halogenated alkanes) is 13. The molecule has 0 saturated carbocycles. The van der Waals surface area contributed by atoms with Gasteiger partial charge in [-0.2, -0.15) is 0 Å². The van der Waals surface area contributed by atoms with E-state index in [-0.39, 0.29) is 0 Å². The van der Waals surface area contributed by atoms with Gasteiger partial charge in [0.25, 0.3) is 0 Å². The average Bonchev–Trinajstić information content (AvgIpc) is 2.68. The van der Waals surface area contributed by atoms with Gasteiger partial charge in [0.2, 0.25) is 0 Å². The summed E-state index contributed by atoms with van der Waals surface area (Å²) < 4.78 is 0. The number of para-hydroxylation sites is 1. The van der Waals surface area contributed by atoms with Crippen molar-refractivity contribution in [2.75, 3.05) is 0 Å². The molecule has 0 aliphatic carbocycles. The summed E-state index contributed by atoms with van der Waals surface area (Å²) in [7, 11) is 0. The van der Waals surface area contributed by atoms with Gasteiger partial charge >= 0.3 is 0 Å². The third-order valence-corrected chi connectivity index (χ3v) is 4.84. The molecule has 146 valence electrons. The lowest BCUT2D eigenvalue weighted by atomic mass is 10.1. The van der Waals surface area contributed by atoms with Crippen molar-refractivity contribution in [3.63, 3.8) is 0 Å². The van der Waals surface area contributed by atoms with E-state index in [4.69, 9.17) is 0 Å². The molecule has 0 spiro atoms. The van der Waals surface area contributed by atoms with Crippen molar-refractivity contribution in [1.29, 1.82) is 0 Å². The third kappa shape index (κ3) is 14.9. The Hall–Kier alpha value is -1.37. The Balaban J connectivity index is 1.78. The van der Waals surface area contributed by atoms with Crippen molar-refractivity contribution in [3.8, 4) is 0 Å². The van der Waals surface area contributed by atoms with Gasteiger partial charge in [-0.05, 0) is 50.7 Å². The Morgan fingerprint density at radius 1 is 0.615 bits per heavy atom. The molecule has 0 atom stereocenters. The zero-order valence-electron chi connectivity index (χ0n) is 17.2. The van der Waals surface area contributed by atoms with E-state index in [0.717, 1.165) is 12.1 Å². The first-order valence-electron chi connectivity index (χ1n) is 11.2. The molecule has 1 aromatic carbocycles. The highest BCUT2D eigenvalue weighted by Gasteiger charge is 1.91. The van der Waals surface area contributed by atoms with Crippen molar-refractivity contribution >= 4 is 11.9 Å². The molecule has 0 N–H and O–H groups in total. The molecule has 1 nitrogen and oxygen atoms in total. The number of nitrogens with zero attached hydrogens (tertiary/aromatic N) is 1. The SMILES string of the molecule is CCCCCCCC/C=C\CCCCCCCCC=Nc1ccccc1. The van der Waals surface area contributed by atoms with Gasteiger partial charge < -0.3 is 0 Å². The van der Waals surface area contributed by atoms with Crippen LogP contribution in [0.2, 0.25) is 0 Å². The predicted molar refractivity (Wildman–Crippen MR) is 119 cm³/mol. The summed E-state index contributed by atoms with van der Waals surface area (Å²) in [5, 5.41) is 0. The minimum Gasteiger partial charge on any atom is -0.261 e. The summed E-state index contributed by atoms with van der Waals surface area (Å²) in [4.78, 5) is 4.48. The smallest absolute Gasteiger partial charge is 0.0625 e. The highest BCUT2D eigenvalue weighted by molar-refractivity contribution is 5.62. The van der Waals surface area contributed by atoms with Crippen molar-refractivity contribution < 1.29 is 0 Å². The molecule has 1 aromatic rings. The van der Waals surface area contributed by atoms with Gasteiger partial charge in [0, 0.05) is 6.21 Å². The van der Waals surface area contributed by atoms with Gasteiger partial charge in [-0.15, -0.1) is 0 Å². The van der Waals surface area contributed by atoms with Crippen LogP contribution in [0.15, 0.2) is 47.5 Å². The minimum atomic E-state index is 1.07. The fourth-order valence-corrected chi connectivity index (χ4v) is 3.17. The molecule has 26 heavy (non-hydrogen) atoms. The van der Waals surface area contributed by atoms with Crippen LogP contribution in [-0.2, 0) is 0 Å². The number of benzene rings is 1. The second kappa shape index (κ2) is 18.4. The summed E-state index contributed by atoms with van der Waals surface area (Å²) in [6.07, 6.45) is 27.1. The molecule has 1 rings (SSSR count). The number of hydrogen-bond acceptors (Lipinski definition) is 1. The Kier molecular flexibility index (Phi) is 16.1. The maximum atomic E-state index is 4.48. The molecule has 0 radical (unpaired) electrons. The quantitative estimate of drug-likeness (QED) is 0.150. The molecule has 0 aliphatic rings. The fourth-order valence-electron chi connectivity index (χ4n) is 3.17. The van der Waals surface area contributed by atoms with Gasteiger partial charge in [0.05, 0.1) is 5.69 Å². The Bertz CT molecular complexity index is 446. The molecular formula is C25H41N. The van der Waals surface area contributed by atoms with Crippen LogP contribution in [-0.4, -0.2) is 6.21 Å². The number of aliphatic imine (C=N–C) groups is 1. The average molecular weight is 356 g/mol. The van der Waals surface area contributed by atoms with Crippen LogP contribution in [0.4, 0.5) is 5.69 Å². The molecule has 0 unspecified atom stereocenters. The Morgan fingerprint density at radius 2 is 1.12 bits per heavy atom. The predicted octanol–water partition coefficient (Wildman–Crippen LogP) is 8.82. The van der Waals surface area contributed by atoms with Crippen molar-refractivity contribution in [1.82, 2.24) is 0 Å². The topological polar surface area (TPSA) is 12.4 Å². The van der Waals surface area contributed by atoms with E-state index in [9.17, 15) is 0 Å². The largest absolute Gasteiger partial charge is 0.261 e. The van der Waals surface area contributed by atoms with Gasteiger partial charge in [0.15, 0.2) is 0 Å². The molecule has 0 fully saturated rings. The lowest BCUT2D eigenvalue weighted by Crippen LogP contribution is -1.81. The van der Waals surface area contributed by atoms with E-state index in [1.807, 2.05) is 18.2 Å². The lowest BCUT2D eigenvalue weighted by molar-refractivity contribution is 0.602. The second-order valence-corrected chi connectivity index (χ2v) is 7.37. The fraction of sp³-hybridized carbons (Fsp3) is 0.640. The summed E-state index contributed by atoms with van der Waals surface area (Å²) in [5.41, 5.74) is 1.07. The van der Waals surface area contributed by atoms with E-state index in [1.54, 1.807) is 0 Å². The van der Waals surface area contributed by atoms with E-state index in [1.165, 1.54) is 89.9 Å². The first kappa shape index (κ1) is 22.7. The van der Waals surface area contributed by atoms with Crippen LogP contribution in [0, 0.1) is 0 Å². The minimum absolute atomic E-state index is 1.07. The first-order chi connectivity index (χ1) is 12.9. The van der Waals surface area contributed by atoms with E-state index < -0.39 is 0 Å². The lowest BCUT2D eigenvalue weighted by Gasteiger charge is -2.00. The molecule has 0 aliphatic heterocycles. The van der Waals surface area contributed by atoms with Gasteiger partial charge in [0.1, 0.15) is 0 Å². The van der Waals surface area contributed by atoms with Crippen LogP contribution in [0.25, 0.3) is 0 Å². The Morgan fingerprint density at radius 3 is 1.69 bits per heavy atom. The standard InChI is InChI=1S/C25H41N/c1-2-3-4-5-6-7-8-9-10-11-12-13-14-15-16-17-21-24-26-25-22-19-18-20-23-25/h9-10,18-20,22-24H,2-8,11-17,21H2,1H3/b10-9-,26-24?. The molecule has 0 amide bonds. The van der Waals surface area contributed by atoms with Crippen molar-refractivity contribution in [3.05, 3.63) is 42.5 Å². The van der Waals surface area contributed by atoms with Crippen molar-refractivity contribution in [2.24, 2.45) is 4.99 Å². The molecule has 0 saturated heterocycles. The Labute approximate surface area is 163 Å². The summed E-state index contributed by atoms with van der Waals surface area (Å²) in [6, 6.07) is 10.2. The molecule has 0 bridgehead atoms. The zero-order valence-corrected chi connectivity index (χ0v) is 17.2. The van der Waals surface area contributed by atoms with E-state index in [0.29, 0.717) is 0 Å². The zero-order chi connectivity index (χ0) is 18.5. The maximum Gasteiger partial charge on any atom is 0.0625 e. The van der Waals surface area contributed by atoms with Crippen molar-refractivity contribution in [2.45, 2.75) is 103 Å². The summed E-state index contributed by atoms with van der Waals surface area (Å²) in [5.74, 6) is 0. The highest BCUT2D eigenvalue weighted by Crippen LogP contribution is 2.12. The highest BCUT2D eigenvalue weighted by atomic mass is 14.7. The van der Waals surface area contributed by atoms with Crippen LogP contribution in [0.3, 0.4) is 0 Å². The number of allylic oxidation sites excluding steroid dienone is 2. The summed E-state index contributed by atoms with van der Waals surface area (Å²) in [6.45, 7) is 2.28. The van der Waals surface area contributed by atoms with Crippen LogP contribution >= 0.6 is 0 Å². The monoisotopic (exact) mass is 355 g/mol. The second-order valence-electron chi connectivity index (χ2n) is 7.37. The van der Waals surface area contributed by atoms with Crippen LogP contribution in [0.1, 0.15) is 103 Å². The molecule has 0 heterocycles. The first-order valence-corrected chi connectivity index (χ1v) is 11.2. The van der Waals surface area contributed by atoms with Crippen LogP contribution < -0.4 is 0 Å². The third-order valence-electron chi connectivity index (χ3n) is 4.84. The van der Waals surface area contributed by atoms with Gasteiger partial charge in [-0.25, -0.2) is 0 Å². The molecule has 1 heteroatoms. The van der Waals surface area contributed by atoms with E-state index in [2.05, 4.69) is 42.4 Å². The van der Waals surface area contributed by atoms with Gasteiger partial charge in [-0.3, -0.25) is 4.99 Å². The molecular weight excluding hydrogens is 314 g/mol.